The summed E-state index contributed by atoms with van der Waals surface area (Å²) in [6.45, 7) is 12.3. The number of rotatable bonds is 3. The fourth-order valence-electron chi connectivity index (χ4n) is 2.55. The summed E-state index contributed by atoms with van der Waals surface area (Å²) in [5.41, 5.74) is -0.430. The first-order valence-corrected chi connectivity index (χ1v) is 7.88. The van der Waals surface area contributed by atoms with Crippen LogP contribution >= 0.6 is 0 Å². The summed E-state index contributed by atoms with van der Waals surface area (Å²) in [6, 6.07) is 0.444. The lowest BCUT2D eigenvalue weighted by atomic mass is 9.96. The first-order valence-electron chi connectivity index (χ1n) is 7.88. The molecule has 0 aromatic rings. The molecule has 1 aliphatic heterocycles. The average Bonchev–Trinajstić information content (AvgIpc) is 2.25. The van der Waals surface area contributed by atoms with Crippen LogP contribution in [-0.2, 0) is 4.74 Å². The number of hydrogen-bond donors (Lipinski definition) is 0. The third-order valence-electron chi connectivity index (χ3n) is 3.52. The van der Waals surface area contributed by atoms with E-state index in [2.05, 4.69) is 32.9 Å². The van der Waals surface area contributed by atoms with Gasteiger partial charge in [-0.3, -0.25) is 4.90 Å². The van der Waals surface area contributed by atoms with Crippen LogP contribution in [0.15, 0.2) is 12.2 Å². The summed E-state index contributed by atoms with van der Waals surface area (Å²) >= 11 is 0. The molecule has 0 aromatic heterocycles. The fourth-order valence-corrected chi connectivity index (χ4v) is 2.55. The van der Waals surface area contributed by atoms with Gasteiger partial charge in [0.15, 0.2) is 0 Å². The van der Waals surface area contributed by atoms with E-state index in [1.54, 1.807) is 0 Å². The van der Waals surface area contributed by atoms with E-state index in [-0.39, 0.29) is 18.2 Å². The molecule has 1 amide bonds. The van der Waals surface area contributed by atoms with Gasteiger partial charge in [-0.15, -0.1) is 0 Å². The van der Waals surface area contributed by atoms with Gasteiger partial charge >= 0.3 is 6.09 Å². The summed E-state index contributed by atoms with van der Waals surface area (Å²) < 4.78 is 5.56. The van der Waals surface area contributed by atoms with Crippen LogP contribution in [0.5, 0.6) is 0 Å². The molecular formula is C17H31NO2. The predicted octanol–water partition coefficient (Wildman–Crippen LogP) is 4.77. The maximum Gasteiger partial charge on any atom is 0.411 e. The van der Waals surface area contributed by atoms with E-state index in [0.717, 1.165) is 19.3 Å². The van der Waals surface area contributed by atoms with Crippen molar-refractivity contribution in [3.63, 3.8) is 0 Å². The van der Waals surface area contributed by atoms with Gasteiger partial charge in [-0.1, -0.05) is 26.0 Å². The molecule has 1 saturated heterocycles. The molecule has 3 nitrogen and oxygen atoms in total. The minimum Gasteiger partial charge on any atom is -0.444 e. The summed E-state index contributed by atoms with van der Waals surface area (Å²) in [5.74, 6) is 0.655. The number of allylic oxidation sites excluding steroid dienone is 1. The molecule has 0 spiro atoms. The lowest BCUT2D eigenvalue weighted by Crippen LogP contribution is -2.49. The molecule has 3 heteroatoms. The molecule has 0 unspecified atom stereocenters. The monoisotopic (exact) mass is 281 g/mol. The van der Waals surface area contributed by atoms with Crippen LogP contribution in [0.3, 0.4) is 0 Å². The van der Waals surface area contributed by atoms with Crippen LogP contribution in [0.1, 0.15) is 67.2 Å². The van der Waals surface area contributed by atoms with E-state index in [0.29, 0.717) is 5.92 Å². The number of likely N-dealkylation sites (tertiary alicyclic amines) is 1. The Morgan fingerprint density at radius 1 is 1.35 bits per heavy atom. The maximum absolute atomic E-state index is 12.4. The molecule has 116 valence electrons. The normalized spacial score (nSPS) is 24.4. The van der Waals surface area contributed by atoms with Crippen molar-refractivity contribution in [2.24, 2.45) is 5.92 Å². The number of ether oxygens (including phenoxy) is 1. The first-order chi connectivity index (χ1) is 9.20. The van der Waals surface area contributed by atoms with Gasteiger partial charge in [0, 0.05) is 6.04 Å². The van der Waals surface area contributed by atoms with Gasteiger partial charge in [0.2, 0.25) is 0 Å². The van der Waals surface area contributed by atoms with Crippen LogP contribution in [-0.4, -0.2) is 28.7 Å². The highest BCUT2D eigenvalue weighted by atomic mass is 16.6. The highest BCUT2D eigenvalue weighted by Gasteiger charge is 2.33. The van der Waals surface area contributed by atoms with Crippen LogP contribution in [0.25, 0.3) is 0 Å². The Morgan fingerprint density at radius 2 is 2.00 bits per heavy atom. The highest BCUT2D eigenvalue weighted by Crippen LogP contribution is 2.26. The SMILES string of the molecule is CC(C)CC=C[C@H]1CCC[C@H](C)N1C(=O)OC(C)(C)C. The van der Waals surface area contributed by atoms with Crippen molar-refractivity contribution < 1.29 is 9.53 Å². The molecule has 1 aliphatic rings. The lowest BCUT2D eigenvalue weighted by molar-refractivity contribution is 0.00358. The fraction of sp³-hybridized carbons (Fsp3) is 0.824. The Morgan fingerprint density at radius 3 is 2.55 bits per heavy atom. The second-order valence-electron chi connectivity index (χ2n) is 7.29. The summed E-state index contributed by atoms with van der Waals surface area (Å²) in [6.07, 6.45) is 8.57. The smallest absolute Gasteiger partial charge is 0.411 e. The molecular weight excluding hydrogens is 250 g/mol. The van der Waals surface area contributed by atoms with Crippen LogP contribution in [0.2, 0.25) is 0 Å². The molecule has 20 heavy (non-hydrogen) atoms. The second-order valence-corrected chi connectivity index (χ2v) is 7.29. The lowest BCUT2D eigenvalue weighted by Gasteiger charge is -2.40. The van der Waals surface area contributed by atoms with Crippen LogP contribution in [0.4, 0.5) is 4.79 Å². The van der Waals surface area contributed by atoms with E-state index in [4.69, 9.17) is 4.74 Å². The van der Waals surface area contributed by atoms with Crippen molar-refractivity contribution in [2.75, 3.05) is 0 Å². The number of carbonyl (C=O) groups is 1. The van der Waals surface area contributed by atoms with Crippen LogP contribution in [0, 0.1) is 5.92 Å². The average molecular weight is 281 g/mol. The Hall–Kier alpha value is -0.990. The zero-order valence-electron chi connectivity index (χ0n) is 14.0. The third-order valence-corrected chi connectivity index (χ3v) is 3.52. The largest absolute Gasteiger partial charge is 0.444 e. The molecule has 0 aliphatic carbocycles. The molecule has 1 heterocycles. The maximum atomic E-state index is 12.4. The summed E-state index contributed by atoms with van der Waals surface area (Å²) in [7, 11) is 0. The molecule has 0 N–H and O–H groups in total. The Balaban J connectivity index is 2.74. The van der Waals surface area contributed by atoms with Crippen molar-refractivity contribution >= 4 is 6.09 Å². The van der Waals surface area contributed by atoms with E-state index in [9.17, 15) is 4.79 Å². The second kappa shape index (κ2) is 7.14. The zero-order valence-corrected chi connectivity index (χ0v) is 14.0. The standard InChI is InChI=1S/C17H31NO2/c1-13(2)9-7-11-15-12-8-10-14(3)18(15)16(19)20-17(4,5)6/h7,11,13-15H,8-10,12H2,1-6H3/t14-,15-/m0/s1. The van der Waals surface area contributed by atoms with Crippen molar-refractivity contribution in [2.45, 2.75) is 84.9 Å². The van der Waals surface area contributed by atoms with E-state index >= 15 is 0 Å². The molecule has 1 fully saturated rings. The molecule has 2 atom stereocenters. The minimum atomic E-state index is -0.430. The molecule has 1 rings (SSSR count). The van der Waals surface area contributed by atoms with Gasteiger partial charge in [0.25, 0.3) is 0 Å². The Bertz CT molecular complexity index is 341. The minimum absolute atomic E-state index is 0.177. The Labute approximate surface area is 124 Å². The zero-order chi connectivity index (χ0) is 15.3. The van der Waals surface area contributed by atoms with Gasteiger partial charge < -0.3 is 4.74 Å². The number of carbonyl (C=O) groups excluding carboxylic acids is 1. The quantitative estimate of drug-likeness (QED) is 0.698. The van der Waals surface area contributed by atoms with E-state index in [1.165, 1.54) is 6.42 Å². The number of nitrogens with zero attached hydrogens (tertiary/aromatic N) is 1. The number of hydrogen-bond acceptors (Lipinski definition) is 2. The van der Waals surface area contributed by atoms with Crippen molar-refractivity contribution in [1.82, 2.24) is 4.90 Å². The summed E-state index contributed by atoms with van der Waals surface area (Å²) in [5, 5.41) is 0. The Kier molecular flexibility index (Phi) is 6.09. The van der Waals surface area contributed by atoms with Crippen molar-refractivity contribution in [1.29, 1.82) is 0 Å². The molecule has 0 aromatic carbocycles. The molecule has 0 saturated carbocycles. The van der Waals surface area contributed by atoms with E-state index < -0.39 is 5.60 Å². The van der Waals surface area contributed by atoms with Gasteiger partial charge in [0.1, 0.15) is 5.60 Å². The molecule has 0 radical (unpaired) electrons. The predicted molar refractivity (Wildman–Crippen MR) is 83.8 cm³/mol. The highest BCUT2D eigenvalue weighted by molar-refractivity contribution is 5.69. The number of amides is 1. The topological polar surface area (TPSA) is 29.5 Å². The van der Waals surface area contributed by atoms with Gasteiger partial charge in [0.05, 0.1) is 6.04 Å². The van der Waals surface area contributed by atoms with E-state index in [1.807, 2.05) is 25.7 Å². The van der Waals surface area contributed by atoms with Crippen molar-refractivity contribution in [3.8, 4) is 0 Å². The summed E-state index contributed by atoms with van der Waals surface area (Å²) in [4.78, 5) is 14.3. The number of piperidine rings is 1. The van der Waals surface area contributed by atoms with Gasteiger partial charge in [-0.05, 0) is 59.3 Å². The first kappa shape index (κ1) is 17.1. The van der Waals surface area contributed by atoms with Gasteiger partial charge in [-0.2, -0.15) is 0 Å². The van der Waals surface area contributed by atoms with Crippen molar-refractivity contribution in [3.05, 3.63) is 12.2 Å². The van der Waals surface area contributed by atoms with Gasteiger partial charge in [-0.25, -0.2) is 4.79 Å². The molecule has 0 bridgehead atoms. The van der Waals surface area contributed by atoms with Crippen LogP contribution < -0.4 is 0 Å². The third kappa shape index (κ3) is 5.56.